The van der Waals surface area contributed by atoms with Crippen molar-refractivity contribution in [2.75, 3.05) is 47.4 Å². The highest BCUT2D eigenvalue weighted by Crippen LogP contribution is 2.25. The quantitative estimate of drug-likeness (QED) is 0.899. The van der Waals surface area contributed by atoms with E-state index >= 15 is 0 Å². The molecule has 0 radical (unpaired) electrons. The predicted molar refractivity (Wildman–Crippen MR) is 87.9 cm³/mol. The predicted octanol–water partition coefficient (Wildman–Crippen LogP) is 2.11. The zero-order valence-corrected chi connectivity index (χ0v) is 13.9. The molecular formula is C17H29N3O. The third-order valence-corrected chi connectivity index (χ3v) is 4.44. The summed E-state index contributed by atoms with van der Waals surface area (Å²) in [6.07, 6.45) is 1.24. The van der Waals surface area contributed by atoms with Crippen molar-refractivity contribution in [2.24, 2.45) is 0 Å². The molecule has 4 nitrogen and oxygen atoms in total. The molecule has 1 aromatic carbocycles. The molecule has 0 bridgehead atoms. The number of benzene rings is 1. The number of methoxy groups -OCH3 is 1. The zero-order valence-electron chi connectivity index (χ0n) is 13.9. The van der Waals surface area contributed by atoms with Crippen molar-refractivity contribution in [1.82, 2.24) is 15.1 Å². The first kappa shape index (κ1) is 16.3. The number of nitrogens with one attached hydrogen (secondary N) is 1. The van der Waals surface area contributed by atoms with Crippen LogP contribution in [0.15, 0.2) is 18.2 Å². The highest BCUT2D eigenvalue weighted by molar-refractivity contribution is 5.38. The summed E-state index contributed by atoms with van der Waals surface area (Å²) in [7, 11) is 5.97. The Morgan fingerprint density at radius 2 is 2.05 bits per heavy atom. The van der Waals surface area contributed by atoms with Gasteiger partial charge in [0.2, 0.25) is 0 Å². The Morgan fingerprint density at radius 3 is 2.76 bits per heavy atom. The van der Waals surface area contributed by atoms with Crippen molar-refractivity contribution in [1.29, 1.82) is 0 Å². The molecule has 0 aromatic heterocycles. The van der Waals surface area contributed by atoms with E-state index in [-0.39, 0.29) is 0 Å². The van der Waals surface area contributed by atoms with Crippen LogP contribution in [0.5, 0.6) is 5.75 Å². The number of nitrogens with zero attached hydrogens (tertiary/aromatic N) is 2. The fourth-order valence-corrected chi connectivity index (χ4v) is 2.86. The van der Waals surface area contributed by atoms with Crippen molar-refractivity contribution in [2.45, 2.75) is 25.9 Å². The second kappa shape index (κ2) is 7.78. The third kappa shape index (κ3) is 4.43. The normalized spacial score (nSPS) is 19.2. The summed E-state index contributed by atoms with van der Waals surface area (Å²) in [5.41, 5.74) is 2.61. The van der Waals surface area contributed by atoms with Gasteiger partial charge in [-0.3, -0.25) is 4.90 Å². The Kier molecular flexibility index (Phi) is 6.03. The van der Waals surface area contributed by atoms with E-state index < -0.39 is 0 Å². The van der Waals surface area contributed by atoms with E-state index in [2.05, 4.69) is 47.3 Å². The number of hydrogen-bond acceptors (Lipinski definition) is 4. The van der Waals surface area contributed by atoms with Crippen LogP contribution < -0.4 is 10.1 Å². The Morgan fingerprint density at radius 1 is 1.24 bits per heavy atom. The first-order valence-corrected chi connectivity index (χ1v) is 7.89. The summed E-state index contributed by atoms with van der Waals surface area (Å²) in [5.74, 6) is 1.000. The van der Waals surface area contributed by atoms with Gasteiger partial charge in [0.15, 0.2) is 0 Å². The largest absolute Gasteiger partial charge is 0.496 e. The van der Waals surface area contributed by atoms with Gasteiger partial charge in [-0.2, -0.15) is 0 Å². The maximum Gasteiger partial charge on any atom is 0.123 e. The van der Waals surface area contributed by atoms with Gasteiger partial charge in [0.25, 0.3) is 0 Å². The number of rotatable bonds is 5. The smallest absolute Gasteiger partial charge is 0.123 e. The molecule has 0 amide bonds. The van der Waals surface area contributed by atoms with Crippen molar-refractivity contribution < 1.29 is 4.74 Å². The summed E-state index contributed by atoms with van der Waals surface area (Å²) >= 11 is 0. The monoisotopic (exact) mass is 291 g/mol. The average Bonchev–Trinajstić information content (AvgIpc) is 2.71. The maximum atomic E-state index is 5.55. The molecule has 2 rings (SSSR count). The van der Waals surface area contributed by atoms with Gasteiger partial charge in [-0.25, -0.2) is 0 Å². The van der Waals surface area contributed by atoms with E-state index in [1.807, 2.05) is 7.05 Å². The topological polar surface area (TPSA) is 27.7 Å². The Hall–Kier alpha value is -1.10. The number of ether oxygens (including phenoxy) is 1. The van der Waals surface area contributed by atoms with Crippen LogP contribution in [0.25, 0.3) is 0 Å². The molecule has 1 aromatic rings. The molecule has 0 aliphatic carbocycles. The molecule has 0 spiro atoms. The fourth-order valence-electron chi connectivity index (χ4n) is 2.86. The van der Waals surface area contributed by atoms with Gasteiger partial charge in [0.1, 0.15) is 5.75 Å². The molecule has 21 heavy (non-hydrogen) atoms. The van der Waals surface area contributed by atoms with Crippen LogP contribution in [-0.4, -0.2) is 57.2 Å². The van der Waals surface area contributed by atoms with Crippen molar-refractivity contribution in [3.05, 3.63) is 29.3 Å². The number of hydrogen-bond donors (Lipinski definition) is 1. The van der Waals surface area contributed by atoms with E-state index in [9.17, 15) is 0 Å². The summed E-state index contributed by atoms with van der Waals surface area (Å²) in [5, 5.41) is 3.30. The van der Waals surface area contributed by atoms with Crippen molar-refractivity contribution >= 4 is 0 Å². The van der Waals surface area contributed by atoms with Crippen LogP contribution in [0, 0.1) is 0 Å². The lowest BCUT2D eigenvalue weighted by molar-refractivity contribution is 0.265. The Bertz CT molecular complexity index is 450. The van der Waals surface area contributed by atoms with Gasteiger partial charge >= 0.3 is 0 Å². The van der Waals surface area contributed by atoms with Crippen LogP contribution in [0.4, 0.5) is 0 Å². The summed E-state index contributed by atoms with van der Waals surface area (Å²) in [6, 6.07) is 6.90. The minimum absolute atomic E-state index is 0.366. The lowest BCUT2D eigenvalue weighted by atomic mass is 10.0. The lowest BCUT2D eigenvalue weighted by Gasteiger charge is -2.22. The first-order valence-electron chi connectivity index (χ1n) is 7.89. The first-order chi connectivity index (χ1) is 10.1. The standard InChI is InChI=1S/C17H29N3O/c1-14(18-2)15-6-7-17(21-4)16(12-15)13-20-9-5-8-19(3)10-11-20/h6-7,12,14,18H,5,8-11,13H2,1-4H3. The highest BCUT2D eigenvalue weighted by atomic mass is 16.5. The Labute approximate surface area is 129 Å². The summed E-state index contributed by atoms with van der Waals surface area (Å²) in [6.45, 7) is 7.80. The minimum atomic E-state index is 0.366. The van der Waals surface area contributed by atoms with Gasteiger partial charge in [-0.15, -0.1) is 0 Å². The molecular weight excluding hydrogens is 262 g/mol. The fraction of sp³-hybridized carbons (Fsp3) is 0.647. The molecule has 118 valence electrons. The van der Waals surface area contributed by atoms with E-state index in [0.29, 0.717) is 6.04 Å². The molecule has 1 fully saturated rings. The second-order valence-electron chi connectivity index (χ2n) is 6.01. The van der Waals surface area contributed by atoms with Gasteiger partial charge in [-0.1, -0.05) is 6.07 Å². The molecule has 1 heterocycles. The van der Waals surface area contributed by atoms with Crippen LogP contribution in [0.3, 0.4) is 0 Å². The molecule has 4 heteroatoms. The van der Waals surface area contributed by atoms with Crippen LogP contribution in [0.2, 0.25) is 0 Å². The lowest BCUT2D eigenvalue weighted by Crippen LogP contribution is -2.28. The van der Waals surface area contributed by atoms with Crippen molar-refractivity contribution in [3.8, 4) is 5.75 Å². The molecule has 1 N–H and O–H groups in total. The van der Waals surface area contributed by atoms with Crippen LogP contribution in [0.1, 0.15) is 30.5 Å². The molecule has 1 saturated heterocycles. The van der Waals surface area contributed by atoms with Gasteiger partial charge < -0.3 is 15.0 Å². The van der Waals surface area contributed by atoms with Gasteiger partial charge in [0.05, 0.1) is 7.11 Å². The molecule has 1 aliphatic rings. The summed E-state index contributed by atoms with van der Waals surface area (Å²) in [4.78, 5) is 4.95. The molecule has 0 saturated carbocycles. The van der Waals surface area contributed by atoms with Crippen LogP contribution >= 0.6 is 0 Å². The van der Waals surface area contributed by atoms with E-state index in [1.54, 1.807) is 7.11 Å². The van der Waals surface area contributed by atoms with E-state index in [0.717, 1.165) is 25.4 Å². The average molecular weight is 291 g/mol. The third-order valence-electron chi connectivity index (χ3n) is 4.44. The number of likely N-dealkylation sites (N-methyl/N-ethyl adjacent to an activating group) is 1. The summed E-state index contributed by atoms with van der Waals surface area (Å²) < 4.78 is 5.55. The molecule has 1 aliphatic heterocycles. The molecule has 1 unspecified atom stereocenters. The highest BCUT2D eigenvalue weighted by Gasteiger charge is 2.15. The van der Waals surface area contributed by atoms with E-state index in [1.165, 1.54) is 30.6 Å². The van der Waals surface area contributed by atoms with E-state index in [4.69, 9.17) is 4.74 Å². The van der Waals surface area contributed by atoms with Crippen LogP contribution in [-0.2, 0) is 6.54 Å². The van der Waals surface area contributed by atoms with Gasteiger partial charge in [-0.05, 0) is 58.2 Å². The zero-order chi connectivity index (χ0) is 15.2. The molecule has 1 atom stereocenters. The maximum absolute atomic E-state index is 5.55. The van der Waals surface area contributed by atoms with Crippen molar-refractivity contribution in [3.63, 3.8) is 0 Å². The van der Waals surface area contributed by atoms with Gasteiger partial charge in [0, 0.05) is 31.2 Å². The Balaban J connectivity index is 2.13. The SMILES string of the molecule is CNC(C)c1ccc(OC)c(CN2CCCN(C)CC2)c1. The second-order valence-corrected chi connectivity index (χ2v) is 6.01. The minimum Gasteiger partial charge on any atom is -0.496 e.